The number of carbonyl (C=O) groups excluding carboxylic acids is 1. The zero-order valence-electron chi connectivity index (χ0n) is 12.9. The molecule has 8 heteroatoms. The fraction of sp³-hybridized carbons (Fsp3) is 0.467. The van der Waals surface area contributed by atoms with E-state index in [2.05, 4.69) is 9.71 Å². The van der Waals surface area contributed by atoms with E-state index in [1.807, 2.05) is 6.92 Å². The molecule has 0 spiro atoms. The first-order chi connectivity index (χ1) is 10.8. The highest BCUT2D eigenvalue weighted by molar-refractivity contribution is 7.90. The molecular weight excluding hydrogens is 320 g/mol. The minimum atomic E-state index is -3.61. The molecule has 1 fully saturated rings. The SMILES string of the molecule is C[C@@H](N=C1NS(=O)(=O)c2ccccc21)C(=O)OCC1(C)COC1. The summed E-state index contributed by atoms with van der Waals surface area (Å²) in [6.07, 6.45) is 0. The third kappa shape index (κ3) is 3.09. The van der Waals surface area contributed by atoms with Gasteiger partial charge in [-0.1, -0.05) is 19.1 Å². The van der Waals surface area contributed by atoms with Gasteiger partial charge in [-0.2, -0.15) is 0 Å². The van der Waals surface area contributed by atoms with Gasteiger partial charge >= 0.3 is 5.97 Å². The maximum Gasteiger partial charge on any atom is 0.330 e. The van der Waals surface area contributed by atoms with Gasteiger partial charge in [-0.05, 0) is 19.1 Å². The van der Waals surface area contributed by atoms with Crippen LogP contribution < -0.4 is 4.72 Å². The number of nitrogens with one attached hydrogen (secondary N) is 1. The van der Waals surface area contributed by atoms with Crippen molar-refractivity contribution >= 4 is 21.8 Å². The summed E-state index contributed by atoms with van der Waals surface area (Å²) < 4.78 is 36.7. The second kappa shape index (κ2) is 5.61. The highest BCUT2D eigenvalue weighted by Crippen LogP contribution is 2.27. The van der Waals surface area contributed by atoms with Crippen LogP contribution in [0.2, 0.25) is 0 Å². The number of rotatable bonds is 4. The summed E-state index contributed by atoms with van der Waals surface area (Å²) in [6, 6.07) is 5.71. The molecule has 0 saturated carbocycles. The van der Waals surface area contributed by atoms with Crippen molar-refractivity contribution in [3.8, 4) is 0 Å². The molecule has 0 bridgehead atoms. The number of amidine groups is 1. The van der Waals surface area contributed by atoms with Crippen molar-refractivity contribution in [1.82, 2.24) is 4.72 Å². The average Bonchev–Trinajstić information content (AvgIpc) is 2.74. The first-order valence-corrected chi connectivity index (χ1v) is 8.73. The van der Waals surface area contributed by atoms with Gasteiger partial charge in [0.15, 0.2) is 0 Å². The maximum absolute atomic E-state index is 12.0. The molecule has 0 unspecified atom stereocenters. The molecule has 1 N–H and O–H groups in total. The third-order valence-electron chi connectivity index (χ3n) is 3.79. The van der Waals surface area contributed by atoms with Crippen LogP contribution in [0.3, 0.4) is 0 Å². The predicted molar refractivity (Wildman–Crippen MR) is 82.6 cm³/mol. The normalized spacial score (nSPS) is 23.5. The number of carbonyl (C=O) groups is 1. The molecule has 0 radical (unpaired) electrons. The van der Waals surface area contributed by atoms with Crippen molar-refractivity contribution in [3.63, 3.8) is 0 Å². The first kappa shape index (κ1) is 15.9. The van der Waals surface area contributed by atoms with E-state index in [1.54, 1.807) is 25.1 Å². The number of aliphatic imine (C=N–C) groups is 1. The summed E-state index contributed by atoms with van der Waals surface area (Å²) in [7, 11) is -3.61. The number of nitrogens with zero attached hydrogens (tertiary/aromatic N) is 1. The fourth-order valence-corrected chi connectivity index (χ4v) is 3.62. The van der Waals surface area contributed by atoms with E-state index in [0.29, 0.717) is 18.8 Å². The number of ether oxygens (including phenoxy) is 2. The van der Waals surface area contributed by atoms with E-state index < -0.39 is 22.0 Å². The Balaban J connectivity index is 1.73. The number of fused-ring (bicyclic) bond motifs is 1. The lowest BCUT2D eigenvalue weighted by Gasteiger charge is -2.37. The lowest BCUT2D eigenvalue weighted by Crippen LogP contribution is -2.44. The van der Waals surface area contributed by atoms with Gasteiger partial charge in [0.25, 0.3) is 10.0 Å². The Hall–Kier alpha value is -1.93. The highest BCUT2D eigenvalue weighted by atomic mass is 32.2. The molecular formula is C15H18N2O5S. The third-order valence-corrected chi connectivity index (χ3v) is 5.19. The molecule has 0 aromatic heterocycles. The monoisotopic (exact) mass is 338 g/mol. The zero-order chi connectivity index (χ0) is 16.7. The highest BCUT2D eigenvalue weighted by Gasteiger charge is 2.36. The predicted octanol–water partition coefficient (Wildman–Crippen LogP) is 0.693. The Kier molecular flexibility index (Phi) is 3.89. The summed E-state index contributed by atoms with van der Waals surface area (Å²) in [4.78, 5) is 16.4. The molecule has 1 atom stereocenters. The summed E-state index contributed by atoms with van der Waals surface area (Å²) in [5, 5.41) is 0. The van der Waals surface area contributed by atoms with Crippen molar-refractivity contribution in [1.29, 1.82) is 0 Å². The lowest BCUT2D eigenvalue weighted by atomic mass is 9.90. The van der Waals surface area contributed by atoms with Crippen LogP contribution in [0.15, 0.2) is 34.2 Å². The summed E-state index contributed by atoms with van der Waals surface area (Å²) in [5.74, 6) is -0.322. The Morgan fingerprint density at radius 1 is 1.43 bits per heavy atom. The minimum Gasteiger partial charge on any atom is -0.463 e. The van der Waals surface area contributed by atoms with Crippen LogP contribution in [0.4, 0.5) is 0 Å². The van der Waals surface area contributed by atoms with Crippen molar-refractivity contribution < 1.29 is 22.7 Å². The van der Waals surface area contributed by atoms with Gasteiger partial charge in [0, 0.05) is 11.0 Å². The molecule has 2 aliphatic rings. The number of sulfonamides is 1. The first-order valence-electron chi connectivity index (χ1n) is 7.25. The molecule has 124 valence electrons. The van der Waals surface area contributed by atoms with Crippen LogP contribution in [0, 0.1) is 5.41 Å². The Bertz CT molecular complexity index is 768. The number of hydrogen-bond donors (Lipinski definition) is 1. The molecule has 0 amide bonds. The second-order valence-electron chi connectivity index (χ2n) is 6.17. The fourth-order valence-electron chi connectivity index (χ4n) is 2.38. The van der Waals surface area contributed by atoms with Crippen LogP contribution in [-0.2, 0) is 24.3 Å². The van der Waals surface area contributed by atoms with Crippen molar-refractivity contribution in [2.24, 2.45) is 10.4 Å². The minimum absolute atomic E-state index is 0.135. The Morgan fingerprint density at radius 3 is 2.78 bits per heavy atom. The topological polar surface area (TPSA) is 94.1 Å². The van der Waals surface area contributed by atoms with E-state index >= 15 is 0 Å². The molecule has 2 aliphatic heterocycles. The Morgan fingerprint density at radius 2 is 2.13 bits per heavy atom. The molecule has 1 saturated heterocycles. The van der Waals surface area contributed by atoms with E-state index in [4.69, 9.17) is 9.47 Å². The molecule has 1 aromatic carbocycles. The van der Waals surface area contributed by atoms with E-state index in [1.165, 1.54) is 6.07 Å². The van der Waals surface area contributed by atoms with Gasteiger partial charge in [-0.25, -0.2) is 13.2 Å². The summed E-state index contributed by atoms with van der Waals surface area (Å²) in [6.45, 7) is 4.95. The number of esters is 1. The lowest BCUT2D eigenvalue weighted by molar-refractivity contribution is -0.166. The quantitative estimate of drug-likeness (QED) is 0.815. The maximum atomic E-state index is 12.0. The van der Waals surface area contributed by atoms with Gasteiger partial charge in [-0.15, -0.1) is 0 Å². The van der Waals surface area contributed by atoms with Crippen LogP contribution in [0.5, 0.6) is 0 Å². The Labute approximate surface area is 134 Å². The largest absolute Gasteiger partial charge is 0.463 e. The van der Waals surface area contributed by atoms with Crippen LogP contribution in [-0.4, -0.2) is 46.1 Å². The molecule has 0 aliphatic carbocycles. The van der Waals surface area contributed by atoms with Gasteiger partial charge in [0.05, 0.1) is 18.1 Å². The molecule has 3 rings (SSSR count). The van der Waals surface area contributed by atoms with Crippen LogP contribution in [0.1, 0.15) is 19.4 Å². The van der Waals surface area contributed by atoms with Gasteiger partial charge in [0.1, 0.15) is 18.5 Å². The standard InChI is InChI=1S/C15H18N2O5S/c1-10(14(18)22-9-15(2)7-21-8-15)16-13-11-5-3-4-6-12(11)23(19,20)17-13/h3-6,10H,7-9H2,1-2H3,(H,16,17)/t10-/m1/s1. The summed E-state index contributed by atoms with van der Waals surface area (Å²) >= 11 is 0. The second-order valence-corrected chi connectivity index (χ2v) is 7.82. The van der Waals surface area contributed by atoms with E-state index in [0.717, 1.165) is 0 Å². The molecule has 1 aromatic rings. The van der Waals surface area contributed by atoms with Gasteiger partial charge in [0.2, 0.25) is 0 Å². The van der Waals surface area contributed by atoms with Crippen molar-refractivity contribution in [3.05, 3.63) is 29.8 Å². The van der Waals surface area contributed by atoms with E-state index in [-0.39, 0.29) is 22.8 Å². The van der Waals surface area contributed by atoms with Gasteiger partial charge in [-0.3, -0.25) is 9.71 Å². The van der Waals surface area contributed by atoms with Gasteiger partial charge < -0.3 is 9.47 Å². The smallest absolute Gasteiger partial charge is 0.330 e. The molecule has 2 heterocycles. The summed E-state index contributed by atoms with van der Waals surface area (Å²) in [5.41, 5.74) is 0.330. The molecule has 7 nitrogen and oxygen atoms in total. The number of benzene rings is 1. The van der Waals surface area contributed by atoms with Crippen molar-refractivity contribution in [2.75, 3.05) is 19.8 Å². The van der Waals surface area contributed by atoms with Crippen molar-refractivity contribution in [2.45, 2.75) is 24.8 Å². The van der Waals surface area contributed by atoms with Crippen LogP contribution >= 0.6 is 0 Å². The van der Waals surface area contributed by atoms with E-state index in [9.17, 15) is 13.2 Å². The van der Waals surface area contributed by atoms with Crippen LogP contribution in [0.25, 0.3) is 0 Å². The zero-order valence-corrected chi connectivity index (χ0v) is 13.7. The average molecular weight is 338 g/mol. The number of hydrogen-bond acceptors (Lipinski definition) is 6. The molecule has 23 heavy (non-hydrogen) atoms.